The summed E-state index contributed by atoms with van der Waals surface area (Å²) in [6.07, 6.45) is 6.94. The number of amides is 2. The molecular formula is C19H20N2O3S. The summed E-state index contributed by atoms with van der Waals surface area (Å²) < 4.78 is 5.14. The van der Waals surface area contributed by atoms with Crippen LogP contribution in [0, 0.1) is 0 Å². The molecule has 0 saturated carbocycles. The molecule has 1 aromatic carbocycles. The number of piperazine rings is 1. The Morgan fingerprint density at radius 1 is 1.04 bits per heavy atom. The van der Waals surface area contributed by atoms with Crippen LogP contribution >= 0.6 is 11.8 Å². The van der Waals surface area contributed by atoms with Gasteiger partial charge in [0.05, 0.1) is 6.26 Å². The molecule has 1 saturated heterocycles. The third-order valence-electron chi connectivity index (χ3n) is 4.14. The van der Waals surface area contributed by atoms with E-state index >= 15 is 0 Å². The van der Waals surface area contributed by atoms with Gasteiger partial charge in [-0.15, -0.1) is 11.8 Å². The molecule has 0 atom stereocenters. The molecule has 2 amide bonds. The fourth-order valence-electron chi connectivity index (χ4n) is 2.67. The van der Waals surface area contributed by atoms with E-state index in [4.69, 9.17) is 4.42 Å². The second-order valence-electron chi connectivity index (χ2n) is 5.70. The van der Waals surface area contributed by atoms with Crippen molar-refractivity contribution in [1.29, 1.82) is 0 Å². The quantitative estimate of drug-likeness (QED) is 0.624. The molecule has 2 aromatic rings. The lowest BCUT2D eigenvalue weighted by Crippen LogP contribution is -2.50. The summed E-state index contributed by atoms with van der Waals surface area (Å²) >= 11 is 1.69. The largest absolute Gasteiger partial charge is 0.459 e. The molecule has 25 heavy (non-hydrogen) atoms. The molecule has 130 valence electrons. The van der Waals surface area contributed by atoms with Crippen LogP contribution in [0.25, 0.3) is 6.08 Å². The number of carbonyl (C=O) groups is 2. The fraction of sp³-hybridized carbons (Fsp3) is 0.263. The maximum Gasteiger partial charge on any atom is 0.289 e. The van der Waals surface area contributed by atoms with Crippen LogP contribution in [0.2, 0.25) is 0 Å². The van der Waals surface area contributed by atoms with Gasteiger partial charge in [-0.1, -0.05) is 12.1 Å². The number of hydrogen-bond donors (Lipinski definition) is 0. The van der Waals surface area contributed by atoms with E-state index in [1.807, 2.05) is 36.6 Å². The van der Waals surface area contributed by atoms with E-state index in [1.165, 1.54) is 11.2 Å². The highest BCUT2D eigenvalue weighted by atomic mass is 32.2. The van der Waals surface area contributed by atoms with E-state index in [-0.39, 0.29) is 11.8 Å². The molecule has 3 rings (SSSR count). The minimum Gasteiger partial charge on any atom is -0.459 e. The standard InChI is InChI=1S/C19H20N2O3S/c1-25-16-7-4-15(5-8-16)6-9-18(22)20-10-12-21(13-11-20)19(23)17-3-2-14-24-17/h2-9,14H,10-13H2,1H3. The monoisotopic (exact) mass is 356 g/mol. The highest BCUT2D eigenvalue weighted by Gasteiger charge is 2.25. The number of thioether (sulfide) groups is 1. The third-order valence-corrected chi connectivity index (χ3v) is 4.89. The van der Waals surface area contributed by atoms with Gasteiger partial charge < -0.3 is 14.2 Å². The van der Waals surface area contributed by atoms with Gasteiger partial charge in [0, 0.05) is 37.2 Å². The first-order chi connectivity index (χ1) is 12.2. The van der Waals surface area contributed by atoms with Crippen molar-refractivity contribution in [3.63, 3.8) is 0 Å². The van der Waals surface area contributed by atoms with Crippen molar-refractivity contribution in [3.8, 4) is 0 Å². The zero-order valence-corrected chi connectivity index (χ0v) is 14.9. The number of nitrogens with zero attached hydrogens (tertiary/aromatic N) is 2. The van der Waals surface area contributed by atoms with Gasteiger partial charge in [-0.3, -0.25) is 9.59 Å². The lowest BCUT2D eigenvalue weighted by atomic mass is 10.2. The van der Waals surface area contributed by atoms with E-state index < -0.39 is 0 Å². The first kappa shape index (κ1) is 17.4. The van der Waals surface area contributed by atoms with Crippen LogP contribution in [0.1, 0.15) is 16.1 Å². The van der Waals surface area contributed by atoms with E-state index in [1.54, 1.807) is 39.8 Å². The van der Waals surface area contributed by atoms with Crippen LogP contribution < -0.4 is 0 Å². The Morgan fingerprint density at radius 2 is 1.72 bits per heavy atom. The predicted molar refractivity (Wildman–Crippen MR) is 98.4 cm³/mol. The van der Waals surface area contributed by atoms with Crippen LogP contribution in [0.5, 0.6) is 0 Å². The van der Waals surface area contributed by atoms with Crippen molar-refractivity contribution >= 4 is 29.7 Å². The SMILES string of the molecule is CSc1ccc(C=CC(=O)N2CCN(C(=O)c3ccco3)CC2)cc1. The zero-order valence-electron chi connectivity index (χ0n) is 14.1. The first-order valence-corrected chi connectivity index (χ1v) is 9.33. The van der Waals surface area contributed by atoms with Gasteiger partial charge in [0.25, 0.3) is 5.91 Å². The minimum atomic E-state index is -0.124. The molecule has 1 fully saturated rings. The molecule has 0 bridgehead atoms. The van der Waals surface area contributed by atoms with Gasteiger partial charge in [-0.25, -0.2) is 0 Å². The molecule has 6 heteroatoms. The number of benzene rings is 1. The Labute approximate surface area is 151 Å². The van der Waals surface area contributed by atoms with Gasteiger partial charge in [0.1, 0.15) is 0 Å². The maximum absolute atomic E-state index is 12.3. The van der Waals surface area contributed by atoms with Gasteiger partial charge >= 0.3 is 0 Å². The first-order valence-electron chi connectivity index (χ1n) is 8.11. The zero-order chi connectivity index (χ0) is 17.6. The molecule has 1 aliphatic rings. The van der Waals surface area contributed by atoms with Crippen molar-refractivity contribution in [3.05, 3.63) is 60.1 Å². The van der Waals surface area contributed by atoms with Crippen LogP contribution in [0.3, 0.4) is 0 Å². The summed E-state index contributed by atoms with van der Waals surface area (Å²) in [5.74, 6) is 0.189. The number of carbonyl (C=O) groups excluding carboxylic acids is 2. The summed E-state index contributed by atoms with van der Waals surface area (Å²) in [4.78, 5) is 29.2. The van der Waals surface area contributed by atoms with E-state index in [0.717, 1.165) is 5.56 Å². The Hall–Kier alpha value is -2.47. The topological polar surface area (TPSA) is 53.8 Å². The van der Waals surface area contributed by atoms with E-state index in [9.17, 15) is 9.59 Å². The summed E-state index contributed by atoms with van der Waals surface area (Å²) in [7, 11) is 0. The van der Waals surface area contributed by atoms with Crippen molar-refractivity contribution < 1.29 is 14.0 Å². The Kier molecular flexibility index (Phi) is 5.60. The predicted octanol–water partition coefficient (Wildman–Crippen LogP) is 3.00. The number of rotatable bonds is 4. The molecule has 1 aliphatic heterocycles. The Morgan fingerprint density at radius 3 is 2.32 bits per heavy atom. The van der Waals surface area contributed by atoms with E-state index in [2.05, 4.69) is 0 Å². The molecule has 0 aliphatic carbocycles. The van der Waals surface area contributed by atoms with Crippen LogP contribution in [-0.4, -0.2) is 54.0 Å². The molecule has 0 radical (unpaired) electrons. The van der Waals surface area contributed by atoms with Gasteiger partial charge in [-0.2, -0.15) is 0 Å². The lowest BCUT2D eigenvalue weighted by Gasteiger charge is -2.33. The lowest BCUT2D eigenvalue weighted by molar-refractivity contribution is -0.127. The maximum atomic E-state index is 12.3. The summed E-state index contributed by atoms with van der Waals surface area (Å²) in [5, 5.41) is 0. The fourth-order valence-corrected chi connectivity index (χ4v) is 3.08. The molecule has 0 spiro atoms. The summed E-state index contributed by atoms with van der Waals surface area (Å²) in [6.45, 7) is 2.09. The van der Waals surface area contributed by atoms with Gasteiger partial charge in [0.15, 0.2) is 5.76 Å². The van der Waals surface area contributed by atoms with Gasteiger partial charge in [-0.05, 0) is 42.2 Å². The minimum absolute atomic E-state index is 0.0287. The third kappa shape index (κ3) is 4.33. The molecule has 2 heterocycles. The normalized spacial score (nSPS) is 14.9. The second-order valence-corrected chi connectivity index (χ2v) is 6.58. The van der Waals surface area contributed by atoms with Crippen LogP contribution in [0.15, 0.2) is 58.1 Å². The second kappa shape index (κ2) is 8.07. The van der Waals surface area contributed by atoms with Crippen molar-refractivity contribution in [2.75, 3.05) is 32.4 Å². The smallest absolute Gasteiger partial charge is 0.289 e. The molecule has 0 N–H and O–H groups in total. The average Bonchev–Trinajstić information content (AvgIpc) is 3.21. The van der Waals surface area contributed by atoms with Crippen molar-refractivity contribution in [2.45, 2.75) is 4.90 Å². The molecular weight excluding hydrogens is 336 g/mol. The Bertz CT molecular complexity index is 745. The summed E-state index contributed by atoms with van der Waals surface area (Å²) in [6, 6.07) is 11.4. The molecule has 0 unspecified atom stereocenters. The summed E-state index contributed by atoms with van der Waals surface area (Å²) in [5.41, 5.74) is 0.998. The molecule has 1 aromatic heterocycles. The number of furan rings is 1. The van der Waals surface area contributed by atoms with E-state index in [0.29, 0.717) is 31.9 Å². The van der Waals surface area contributed by atoms with Crippen LogP contribution in [-0.2, 0) is 4.79 Å². The van der Waals surface area contributed by atoms with Crippen molar-refractivity contribution in [1.82, 2.24) is 9.80 Å². The molecule has 5 nitrogen and oxygen atoms in total. The van der Waals surface area contributed by atoms with Crippen molar-refractivity contribution in [2.24, 2.45) is 0 Å². The van der Waals surface area contributed by atoms with Gasteiger partial charge in [0.2, 0.25) is 5.91 Å². The Balaban J connectivity index is 1.52. The number of hydrogen-bond acceptors (Lipinski definition) is 4. The highest BCUT2D eigenvalue weighted by Crippen LogP contribution is 2.16. The average molecular weight is 356 g/mol. The highest BCUT2D eigenvalue weighted by molar-refractivity contribution is 7.98. The van der Waals surface area contributed by atoms with Crippen LogP contribution in [0.4, 0.5) is 0 Å².